The van der Waals surface area contributed by atoms with E-state index in [4.69, 9.17) is 10.00 Å². The standard InChI is InChI=1S/C15H17F3N2O/c16-15(17,18)13-5-3-12(4-6-13)14-11-20(9-10-21-14)8-2-1-7-19/h3-6,14H,1-2,8-11H2. The molecule has 1 aromatic carbocycles. The number of nitrogens with zero attached hydrogens (tertiary/aromatic N) is 2. The number of nitriles is 1. The Labute approximate surface area is 121 Å². The fourth-order valence-electron chi connectivity index (χ4n) is 2.38. The summed E-state index contributed by atoms with van der Waals surface area (Å²) in [6, 6.07) is 7.24. The smallest absolute Gasteiger partial charge is 0.371 e. The maximum Gasteiger partial charge on any atom is 0.416 e. The second-order valence-corrected chi connectivity index (χ2v) is 5.04. The molecule has 1 atom stereocenters. The van der Waals surface area contributed by atoms with Crippen molar-refractivity contribution in [3.05, 3.63) is 35.4 Å². The maximum atomic E-state index is 12.5. The molecule has 0 aliphatic carbocycles. The van der Waals surface area contributed by atoms with E-state index in [-0.39, 0.29) is 6.10 Å². The minimum Gasteiger partial charge on any atom is -0.371 e. The molecule has 0 N–H and O–H groups in total. The summed E-state index contributed by atoms with van der Waals surface area (Å²) in [4.78, 5) is 2.18. The molecule has 1 aromatic rings. The van der Waals surface area contributed by atoms with Crippen molar-refractivity contribution in [1.82, 2.24) is 4.90 Å². The zero-order valence-electron chi connectivity index (χ0n) is 11.6. The molecule has 1 heterocycles. The van der Waals surface area contributed by atoms with Crippen molar-refractivity contribution in [3.8, 4) is 6.07 Å². The highest BCUT2D eigenvalue weighted by atomic mass is 19.4. The van der Waals surface area contributed by atoms with Gasteiger partial charge in [-0.25, -0.2) is 0 Å². The molecule has 3 nitrogen and oxygen atoms in total. The minimum absolute atomic E-state index is 0.205. The third kappa shape index (κ3) is 4.45. The Balaban J connectivity index is 1.96. The Kier molecular flexibility index (Phi) is 5.21. The van der Waals surface area contributed by atoms with E-state index in [1.54, 1.807) is 0 Å². The highest BCUT2D eigenvalue weighted by Gasteiger charge is 2.30. The zero-order chi connectivity index (χ0) is 15.3. The summed E-state index contributed by atoms with van der Waals surface area (Å²) >= 11 is 0. The lowest BCUT2D eigenvalue weighted by Gasteiger charge is -2.33. The fraction of sp³-hybridized carbons (Fsp3) is 0.533. The van der Waals surface area contributed by atoms with Crippen LogP contribution in [0.15, 0.2) is 24.3 Å². The topological polar surface area (TPSA) is 36.3 Å². The number of halogens is 3. The van der Waals surface area contributed by atoms with Gasteiger partial charge in [-0.3, -0.25) is 4.90 Å². The summed E-state index contributed by atoms with van der Waals surface area (Å²) < 4.78 is 43.2. The second kappa shape index (κ2) is 6.92. The summed E-state index contributed by atoms with van der Waals surface area (Å²) in [7, 11) is 0. The van der Waals surface area contributed by atoms with Crippen molar-refractivity contribution < 1.29 is 17.9 Å². The van der Waals surface area contributed by atoms with Gasteiger partial charge in [0.25, 0.3) is 0 Å². The number of alkyl halides is 3. The fourth-order valence-corrected chi connectivity index (χ4v) is 2.38. The first-order valence-corrected chi connectivity index (χ1v) is 6.89. The van der Waals surface area contributed by atoms with Crippen molar-refractivity contribution in [2.75, 3.05) is 26.2 Å². The second-order valence-electron chi connectivity index (χ2n) is 5.04. The summed E-state index contributed by atoms with van der Waals surface area (Å²) in [6.07, 6.45) is -3.20. The minimum atomic E-state index is -4.31. The van der Waals surface area contributed by atoms with Crippen molar-refractivity contribution >= 4 is 0 Å². The van der Waals surface area contributed by atoms with E-state index in [1.165, 1.54) is 12.1 Å². The predicted molar refractivity (Wildman–Crippen MR) is 71.4 cm³/mol. The van der Waals surface area contributed by atoms with E-state index < -0.39 is 11.7 Å². The molecule has 0 amide bonds. The Morgan fingerprint density at radius 3 is 2.62 bits per heavy atom. The number of unbranched alkanes of at least 4 members (excludes halogenated alkanes) is 1. The van der Waals surface area contributed by atoms with Gasteiger partial charge in [0.1, 0.15) is 0 Å². The van der Waals surface area contributed by atoms with Gasteiger partial charge in [-0.1, -0.05) is 12.1 Å². The number of benzene rings is 1. The van der Waals surface area contributed by atoms with Crippen LogP contribution in [0.1, 0.15) is 30.1 Å². The molecular weight excluding hydrogens is 281 g/mol. The molecule has 0 saturated carbocycles. The number of hydrogen-bond acceptors (Lipinski definition) is 3. The molecule has 1 saturated heterocycles. The van der Waals surface area contributed by atoms with E-state index in [2.05, 4.69) is 11.0 Å². The largest absolute Gasteiger partial charge is 0.416 e. The first-order valence-electron chi connectivity index (χ1n) is 6.89. The van der Waals surface area contributed by atoms with Crippen molar-refractivity contribution in [3.63, 3.8) is 0 Å². The van der Waals surface area contributed by atoms with Gasteiger partial charge >= 0.3 is 6.18 Å². The average molecular weight is 298 g/mol. The Morgan fingerprint density at radius 2 is 2.00 bits per heavy atom. The highest BCUT2D eigenvalue weighted by molar-refractivity contribution is 5.26. The van der Waals surface area contributed by atoms with Gasteiger partial charge in [0, 0.05) is 19.5 Å². The molecule has 1 fully saturated rings. The van der Waals surface area contributed by atoms with Crippen LogP contribution in [-0.2, 0) is 10.9 Å². The van der Waals surface area contributed by atoms with Crippen LogP contribution in [0.3, 0.4) is 0 Å². The predicted octanol–water partition coefficient (Wildman–Crippen LogP) is 3.38. The van der Waals surface area contributed by atoms with Crippen LogP contribution in [0.25, 0.3) is 0 Å². The Bertz CT molecular complexity index is 493. The lowest BCUT2D eigenvalue weighted by atomic mass is 10.0. The van der Waals surface area contributed by atoms with E-state index >= 15 is 0 Å². The van der Waals surface area contributed by atoms with Crippen molar-refractivity contribution in [2.45, 2.75) is 25.1 Å². The van der Waals surface area contributed by atoms with Crippen LogP contribution in [0.5, 0.6) is 0 Å². The number of ether oxygens (including phenoxy) is 1. The van der Waals surface area contributed by atoms with Crippen molar-refractivity contribution in [1.29, 1.82) is 5.26 Å². The molecule has 21 heavy (non-hydrogen) atoms. The van der Waals surface area contributed by atoms with E-state index in [0.29, 0.717) is 19.6 Å². The van der Waals surface area contributed by atoms with Crippen LogP contribution < -0.4 is 0 Å². The Morgan fingerprint density at radius 1 is 1.29 bits per heavy atom. The van der Waals surface area contributed by atoms with Gasteiger partial charge in [0.15, 0.2) is 0 Å². The van der Waals surface area contributed by atoms with Gasteiger partial charge < -0.3 is 4.74 Å². The van der Waals surface area contributed by atoms with Gasteiger partial charge in [-0.2, -0.15) is 18.4 Å². The molecule has 0 aromatic heterocycles. The van der Waals surface area contributed by atoms with Gasteiger partial charge in [0.05, 0.1) is 24.3 Å². The van der Waals surface area contributed by atoms with Gasteiger partial charge in [-0.05, 0) is 30.7 Å². The third-order valence-electron chi connectivity index (χ3n) is 3.52. The molecule has 0 radical (unpaired) electrons. The van der Waals surface area contributed by atoms with Crippen LogP contribution in [-0.4, -0.2) is 31.1 Å². The van der Waals surface area contributed by atoms with E-state index in [1.807, 2.05) is 0 Å². The summed E-state index contributed by atoms with van der Waals surface area (Å²) in [5.74, 6) is 0. The molecule has 1 unspecified atom stereocenters. The highest BCUT2D eigenvalue weighted by Crippen LogP contribution is 2.31. The van der Waals surface area contributed by atoms with Crippen LogP contribution in [0.4, 0.5) is 13.2 Å². The lowest BCUT2D eigenvalue weighted by Crippen LogP contribution is -2.38. The van der Waals surface area contributed by atoms with Crippen LogP contribution >= 0.6 is 0 Å². The molecule has 114 valence electrons. The quantitative estimate of drug-likeness (QED) is 0.800. The molecule has 0 spiro atoms. The Hall–Kier alpha value is -1.58. The molecule has 6 heteroatoms. The number of hydrogen-bond donors (Lipinski definition) is 0. The van der Waals surface area contributed by atoms with Crippen LogP contribution in [0.2, 0.25) is 0 Å². The molecule has 1 aliphatic rings. The summed E-state index contributed by atoms with van der Waals surface area (Å²) in [6.45, 7) is 2.81. The summed E-state index contributed by atoms with van der Waals surface area (Å²) in [5.41, 5.74) is 0.112. The number of rotatable bonds is 4. The summed E-state index contributed by atoms with van der Waals surface area (Å²) in [5, 5.41) is 8.53. The molecule has 1 aliphatic heterocycles. The van der Waals surface area contributed by atoms with Gasteiger partial charge in [0.2, 0.25) is 0 Å². The normalized spacial score (nSPS) is 20.2. The van der Waals surface area contributed by atoms with E-state index in [0.717, 1.165) is 37.2 Å². The average Bonchev–Trinajstić information content (AvgIpc) is 2.47. The van der Waals surface area contributed by atoms with Gasteiger partial charge in [-0.15, -0.1) is 0 Å². The first kappa shape index (κ1) is 15.8. The third-order valence-corrected chi connectivity index (χ3v) is 3.52. The maximum absolute atomic E-state index is 12.5. The zero-order valence-corrected chi connectivity index (χ0v) is 11.6. The lowest BCUT2D eigenvalue weighted by molar-refractivity contribution is -0.137. The molecular formula is C15H17F3N2O. The van der Waals surface area contributed by atoms with Crippen LogP contribution in [0, 0.1) is 11.3 Å². The van der Waals surface area contributed by atoms with Crippen molar-refractivity contribution in [2.24, 2.45) is 0 Å². The monoisotopic (exact) mass is 298 g/mol. The molecule has 2 rings (SSSR count). The first-order chi connectivity index (χ1) is 10.0. The molecule has 0 bridgehead atoms. The number of morpholine rings is 1. The SMILES string of the molecule is N#CCCCN1CCOC(c2ccc(C(F)(F)F)cc2)C1. The van der Waals surface area contributed by atoms with E-state index in [9.17, 15) is 13.2 Å².